The number of methoxy groups -OCH3 is 1. The number of ether oxygens (including phenoxy) is 2. The number of hydrogen-bond donors (Lipinski definition) is 0. The van der Waals surface area contributed by atoms with Gasteiger partial charge >= 0.3 is 0 Å². The monoisotopic (exact) mass is 498 g/mol. The fraction of sp³-hybridized carbons (Fsp3) is 0.519. The summed E-state index contributed by atoms with van der Waals surface area (Å²) in [7, 11) is 1.73. The minimum absolute atomic E-state index is 0.0454. The normalized spacial score (nSPS) is 20.7. The average molecular weight is 499 g/mol. The Hall–Kier alpha value is -3.07. The molecule has 9 heteroatoms. The fourth-order valence-corrected chi connectivity index (χ4v) is 5.23. The lowest BCUT2D eigenvalue weighted by molar-refractivity contribution is -0.129. The Balaban J connectivity index is 1.39. The second kappa shape index (κ2) is 10.5. The highest BCUT2D eigenvalue weighted by molar-refractivity contribution is 5.75. The SMILES string of the molecule is COC1C=C(c2nc3c(nc2N2CCC(Oc4ccc(F)cc4F)CC2)CCN(C(C)=O)C3)CCC1. The molecule has 1 saturated heterocycles. The molecule has 2 aromatic rings. The van der Waals surface area contributed by atoms with Gasteiger partial charge in [-0.2, -0.15) is 0 Å². The van der Waals surface area contributed by atoms with Gasteiger partial charge in [-0.3, -0.25) is 4.79 Å². The van der Waals surface area contributed by atoms with Crippen molar-refractivity contribution in [1.29, 1.82) is 0 Å². The largest absolute Gasteiger partial charge is 0.487 e. The zero-order valence-corrected chi connectivity index (χ0v) is 20.8. The molecule has 1 atom stereocenters. The fourth-order valence-electron chi connectivity index (χ4n) is 5.23. The molecule has 1 amide bonds. The number of nitrogens with zero attached hydrogens (tertiary/aromatic N) is 4. The highest BCUT2D eigenvalue weighted by Gasteiger charge is 2.30. The topological polar surface area (TPSA) is 67.8 Å². The molecule has 0 spiro atoms. The minimum atomic E-state index is -0.684. The van der Waals surface area contributed by atoms with Crippen molar-refractivity contribution >= 4 is 17.3 Å². The number of fused-ring (bicyclic) bond motifs is 1. The van der Waals surface area contributed by atoms with Gasteiger partial charge in [-0.05, 0) is 37.0 Å². The summed E-state index contributed by atoms with van der Waals surface area (Å²) in [4.78, 5) is 26.2. The Labute approximate surface area is 210 Å². The number of rotatable bonds is 5. The second-order valence-corrected chi connectivity index (χ2v) is 9.72. The molecular formula is C27H32F2N4O3. The number of piperidine rings is 1. The van der Waals surface area contributed by atoms with Gasteiger partial charge in [0.15, 0.2) is 17.4 Å². The number of amides is 1. The van der Waals surface area contributed by atoms with E-state index in [0.717, 1.165) is 53.8 Å². The van der Waals surface area contributed by atoms with E-state index >= 15 is 0 Å². The van der Waals surface area contributed by atoms with Crippen LogP contribution < -0.4 is 9.64 Å². The summed E-state index contributed by atoms with van der Waals surface area (Å²) in [5.41, 5.74) is 3.80. The zero-order valence-electron chi connectivity index (χ0n) is 20.8. The maximum Gasteiger partial charge on any atom is 0.219 e. The average Bonchev–Trinajstić information content (AvgIpc) is 2.89. The molecule has 3 aliphatic rings. The second-order valence-electron chi connectivity index (χ2n) is 9.72. The lowest BCUT2D eigenvalue weighted by atomic mass is 9.94. The zero-order chi connectivity index (χ0) is 25.2. The molecule has 0 N–H and O–H groups in total. The molecule has 3 heterocycles. The van der Waals surface area contributed by atoms with Crippen molar-refractivity contribution in [2.24, 2.45) is 0 Å². The van der Waals surface area contributed by atoms with E-state index in [9.17, 15) is 13.6 Å². The minimum Gasteiger partial charge on any atom is -0.487 e. The van der Waals surface area contributed by atoms with Gasteiger partial charge in [0.2, 0.25) is 5.91 Å². The number of hydrogen-bond acceptors (Lipinski definition) is 6. The van der Waals surface area contributed by atoms with Crippen LogP contribution in [0.15, 0.2) is 24.3 Å². The van der Waals surface area contributed by atoms with E-state index in [0.29, 0.717) is 45.4 Å². The molecule has 1 unspecified atom stereocenters. The number of anilines is 1. The van der Waals surface area contributed by atoms with Crippen molar-refractivity contribution in [3.05, 3.63) is 53.0 Å². The molecule has 36 heavy (non-hydrogen) atoms. The Morgan fingerprint density at radius 1 is 1.06 bits per heavy atom. The van der Waals surface area contributed by atoms with E-state index in [1.54, 1.807) is 14.0 Å². The molecule has 0 radical (unpaired) electrons. The first kappa shape index (κ1) is 24.6. The molecule has 2 aliphatic heterocycles. The molecule has 7 nitrogen and oxygen atoms in total. The smallest absolute Gasteiger partial charge is 0.219 e. The van der Waals surface area contributed by atoms with Crippen LogP contribution in [-0.2, 0) is 22.5 Å². The highest BCUT2D eigenvalue weighted by atomic mass is 19.1. The van der Waals surface area contributed by atoms with Crippen molar-refractivity contribution in [2.75, 3.05) is 31.6 Å². The van der Waals surface area contributed by atoms with Gasteiger partial charge < -0.3 is 19.3 Å². The van der Waals surface area contributed by atoms with Crippen LogP contribution in [0.4, 0.5) is 14.6 Å². The first-order valence-electron chi connectivity index (χ1n) is 12.7. The maximum absolute atomic E-state index is 14.1. The van der Waals surface area contributed by atoms with Crippen LogP contribution in [0.1, 0.15) is 56.1 Å². The molecule has 1 fully saturated rings. The molecule has 192 valence electrons. The number of carbonyl (C=O) groups excluding carboxylic acids is 1. The van der Waals surface area contributed by atoms with E-state index in [1.165, 1.54) is 12.1 Å². The highest BCUT2D eigenvalue weighted by Crippen LogP contribution is 2.35. The Morgan fingerprint density at radius 3 is 2.58 bits per heavy atom. The summed E-state index contributed by atoms with van der Waals surface area (Å²) in [5.74, 6) is -0.315. The van der Waals surface area contributed by atoms with Gasteiger partial charge in [-0.15, -0.1) is 0 Å². The number of aromatic nitrogens is 2. The molecule has 1 aliphatic carbocycles. The first-order chi connectivity index (χ1) is 17.4. The van der Waals surface area contributed by atoms with E-state index < -0.39 is 11.6 Å². The van der Waals surface area contributed by atoms with Crippen LogP contribution in [0.5, 0.6) is 5.75 Å². The van der Waals surface area contributed by atoms with Crippen molar-refractivity contribution in [3.8, 4) is 5.75 Å². The van der Waals surface area contributed by atoms with Gasteiger partial charge in [0.05, 0.1) is 24.0 Å². The third-order valence-corrected chi connectivity index (χ3v) is 7.29. The van der Waals surface area contributed by atoms with Crippen LogP contribution in [-0.4, -0.2) is 59.7 Å². The van der Waals surface area contributed by atoms with E-state index in [-0.39, 0.29) is 23.9 Å². The summed E-state index contributed by atoms with van der Waals surface area (Å²) in [6, 6.07) is 3.40. The van der Waals surface area contributed by atoms with Gasteiger partial charge in [-0.1, -0.05) is 6.08 Å². The van der Waals surface area contributed by atoms with Gasteiger partial charge in [0, 0.05) is 59.0 Å². The molecule has 5 rings (SSSR count). The quantitative estimate of drug-likeness (QED) is 0.613. The van der Waals surface area contributed by atoms with E-state index in [2.05, 4.69) is 11.0 Å². The van der Waals surface area contributed by atoms with Crippen LogP contribution in [0, 0.1) is 11.6 Å². The van der Waals surface area contributed by atoms with Crippen molar-refractivity contribution in [3.63, 3.8) is 0 Å². The third kappa shape index (κ3) is 5.21. The predicted octanol–water partition coefficient (Wildman–Crippen LogP) is 4.29. The summed E-state index contributed by atoms with van der Waals surface area (Å²) >= 11 is 0. The number of benzene rings is 1. The Kier molecular flexibility index (Phi) is 7.18. The number of allylic oxidation sites excluding steroid dienone is 1. The summed E-state index contributed by atoms with van der Waals surface area (Å²) < 4.78 is 38.8. The molecule has 1 aromatic carbocycles. The van der Waals surface area contributed by atoms with Crippen LogP contribution >= 0.6 is 0 Å². The van der Waals surface area contributed by atoms with E-state index in [4.69, 9.17) is 19.4 Å². The Bertz CT molecular complexity index is 1160. The van der Waals surface area contributed by atoms with Crippen molar-refractivity contribution < 1.29 is 23.0 Å². The Morgan fingerprint density at radius 2 is 1.86 bits per heavy atom. The molecule has 0 bridgehead atoms. The third-order valence-electron chi connectivity index (χ3n) is 7.29. The number of halogens is 2. The van der Waals surface area contributed by atoms with Gasteiger partial charge in [-0.25, -0.2) is 18.7 Å². The molecule has 0 saturated carbocycles. The lowest BCUT2D eigenvalue weighted by Crippen LogP contribution is -2.40. The van der Waals surface area contributed by atoms with E-state index in [1.807, 2.05) is 4.90 Å². The molecule has 1 aromatic heterocycles. The van der Waals surface area contributed by atoms with Gasteiger partial charge in [0.1, 0.15) is 17.6 Å². The molecular weight excluding hydrogens is 466 g/mol. The maximum atomic E-state index is 14.1. The first-order valence-corrected chi connectivity index (χ1v) is 12.7. The lowest BCUT2D eigenvalue weighted by Gasteiger charge is -2.35. The van der Waals surface area contributed by atoms with Gasteiger partial charge in [0.25, 0.3) is 0 Å². The predicted molar refractivity (Wildman–Crippen MR) is 132 cm³/mol. The standard InChI is InChI=1S/C27H32F2N4O3/c1-17(34)33-13-10-23-24(16-33)30-26(18-4-3-5-21(14-18)35-2)27(31-23)32-11-8-20(9-12-32)36-25-7-6-19(28)15-22(25)29/h6-7,14-15,20-21H,3-5,8-13,16H2,1-2H3. The van der Waals surface area contributed by atoms with Crippen molar-refractivity contribution in [2.45, 2.75) is 64.2 Å². The van der Waals surface area contributed by atoms with Crippen LogP contribution in [0.2, 0.25) is 0 Å². The number of carbonyl (C=O) groups is 1. The van der Waals surface area contributed by atoms with Crippen LogP contribution in [0.3, 0.4) is 0 Å². The summed E-state index contributed by atoms with van der Waals surface area (Å²) in [6.45, 7) is 4.09. The van der Waals surface area contributed by atoms with Crippen LogP contribution in [0.25, 0.3) is 5.57 Å². The summed E-state index contributed by atoms with van der Waals surface area (Å²) in [6.07, 6.45) is 7.00. The summed E-state index contributed by atoms with van der Waals surface area (Å²) in [5, 5.41) is 0. The van der Waals surface area contributed by atoms with Crippen molar-refractivity contribution in [1.82, 2.24) is 14.9 Å².